The lowest BCUT2D eigenvalue weighted by Gasteiger charge is -2.08. The van der Waals surface area contributed by atoms with Gasteiger partial charge in [0.15, 0.2) is 0 Å². The summed E-state index contributed by atoms with van der Waals surface area (Å²) in [5.41, 5.74) is 4.10. The largest absolute Gasteiger partial charge is 0.493 e. The molecule has 1 aromatic carbocycles. The van der Waals surface area contributed by atoms with E-state index in [1.165, 1.54) is 0 Å². The molecule has 0 bridgehead atoms. The Bertz CT molecular complexity index is 926. The Balaban J connectivity index is 2.27. The van der Waals surface area contributed by atoms with Crippen molar-refractivity contribution in [3.8, 4) is 17.0 Å². The Kier molecular flexibility index (Phi) is 4.33. The minimum atomic E-state index is -0.999. The van der Waals surface area contributed by atoms with Gasteiger partial charge >= 0.3 is 5.97 Å². The Hall–Kier alpha value is -3.08. The molecule has 0 spiro atoms. The van der Waals surface area contributed by atoms with Crippen molar-refractivity contribution >= 4 is 17.7 Å². The molecule has 0 aliphatic carbocycles. The van der Waals surface area contributed by atoms with Crippen LogP contribution in [0.15, 0.2) is 48.7 Å². The number of hydrogen-bond acceptors (Lipinski definition) is 3. The van der Waals surface area contributed by atoms with E-state index in [0.717, 1.165) is 28.6 Å². The van der Waals surface area contributed by atoms with Crippen molar-refractivity contribution < 1.29 is 14.6 Å². The zero-order valence-electron chi connectivity index (χ0n) is 13.6. The van der Waals surface area contributed by atoms with Crippen LogP contribution in [0.3, 0.4) is 0 Å². The Morgan fingerprint density at radius 1 is 1.33 bits per heavy atom. The van der Waals surface area contributed by atoms with Gasteiger partial charge in [-0.05, 0) is 49.8 Å². The number of pyridine rings is 1. The summed E-state index contributed by atoms with van der Waals surface area (Å²) in [6.07, 6.45) is 4.58. The number of fused-ring (bicyclic) bond motifs is 1. The summed E-state index contributed by atoms with van der Waals surface area (Å²) in [5.74, 6) is -0.272. The van der Waals surface area contributed by atoms with Crippen LogP contribution in [0.4, 0.5) is 0 Å². The number of aryl methyl sites for hydroxylation is 1. The lowest BCUT2D eigenvalue weighted by molar-refractivity contribution is -0.131. The van der Waals surface area contributed by atoms with Gasteiger partial charge in [-0.1, -0.05) is 12.1 Å². The molecule has 0 radical (unpaired) electrons. The number of carboxylic acids is 1. The average molecular weight is 322 g/mol. The number of hydrogen-bond donors (Lipinski definition) is 1. The molecule has 1 N–H and O–H groups in total. The SMILES string of the molecule is CCOc1ccccc1-c1nc2cc(C)ccn2c1/C=C/C(=O)O. The zero-order chi connectivity index (χ0) is 17.1. The summed E-state index contributed by atoms with van der Waals surface area (Å²) < 4.78 is 7.58. The number of benzene rings is 1. The highest BCUT2D eigenvalue weighted by atomic mass is 16.5. The summed E-state index contributed by atoms with van der Waals surface area (Å²) in [5, 5.41) is 8.99. The van der Waals surface area contributed by atoms with E-state index in [-0.39, 0.29) is 0 Å². The summed E-state index contributed by atoms with van der Waals surface area (Å²) in [7, 11) is 0. The molecule has 0 saturated heterocycles. The summed E-state index contributed by atoms with van der Waals surface area (Å²) in [4.78, 5) is 15.7. The lowest BCUT2D eigenvalue weighted by Crippen LogP contribution is -1.95. The van der Waals surface area contributed by atoms with Crippen LogP contribution in [0, 0.1) is 6.92 Å². The lowest BCUT2D eigenvalue weighted by atomic mass is 10.1. The number of carbonyl (C=O) groups is 1. The second-order valence-electron chi connectivity index (χ2n) is 5.38. The van der Waals surface area contributed by atoms with Gasteiger partial charge in [-0.3, -0.25) is 4.40 Å². The van der Waals surface area contributed by atoms with Gasteiger partial charge in [0.05, 0.1) is 12.3 Å². The number of ether oxygens (including phenoxy) is 1. The number of imidazole rings is 1. The molecule has 0 atom stereocenters. The molecule has 0 amide bonds. The Morgan fingerprint density at radius 2 is 2.12 bits per heavy atom. The van der Waals surface area contributed by atoms with E-state index in [0.29, 0.717) is 18.0 Å². The Labute approximate surface area is 139 Å². The Morgan fingerprint density at radius 3 is 2.88 bits per heavy atom. The van der Waals surface area contributed by atoms with Crippen LogP contribution in [0.25, 0.3) is 23.0 Å². The highest BCUT2D eigenvalue weighted by Gasteiger charge is 2.16. The third-order valence-electron chi connectivity index (χ3n) is 3.64. The van der Waals surface area contributed by atoms with Gasteiger partial charge in [-0.2, -0.15) is 0 Å². The standard InChI is InChI=1S/C19H18N2O3/c1-3-24-16-7-5-4-6-14(16)19-15(8-9-18(22)23)21-11-10-13(2)12-17(21)20-19/h4-12H,3H2,1-2H3,(H,22,23)/b9-8+. The molecular weight excluding hydrogens is 304 g/mol. The molecular formula is C19H18N2O3. The van der Waals surface area contributed by atoms with E-state index >= 15 is 0 Å². The van der Waals surface area contributed by atoms with Gasteiger partial charge in [0.2, 0.25) is 0 Å². The van der Waals surface area contributed by atoms with Crippen molar-refractivity contribution in [2.24, 2.45) is 0 Å². The zero-order valence-corrected chi connectivity index (χ0v) is 13.6. The molecule has 0 unspecified atom stereocenters. The summed E-state index contributed by atoms with van der Waals surface area (Å²) >= 11 is 0. The smallest absolute Gasteiger partial charge is 0.328 e. The third kappa shape index (κ3) is 3.01. The van der Waals surface area contributed by atoms with Crippen LogP contribution in [-0.4, -0.2) is 27.1 Å². The maximum absolute atomic E-state index is 11.0. The van der Waals surface area contributed by atoms with E-state index in [9.17, 15) is 4.79 Å². The fraction of sp³-hybridized carbons (Fsp3) is 0.158. The molecule has 122 valence electrons. The van der Waals surface area contributed by atoms with Gasteiger partial charge in [0.1, 0.15) is 17.1 Å². The van der Waals surface area contributed by atoms with E-state index in [2.05, 4.69) is 0 Å². The molecule has 3 aromatic rings. The molecule has 0 aliphatic heterocycles. The first-order valence-corrected chi connectivity index (χ1v) is 7.72. The minimum Gasteiger partial charge on any atom is -0.493 e. The monoisotopic (exact) mass is 322 g/mol. The maximum Gasteiger partial charge on any atom is 0.328 e. The number of aliphatic carboxylic acids is 1. The second-order valence-corrected chi connectivity index (χ2v) is 5.38. The average Bonchev–Trinajstić information content (AvgIpc) is 2.91. The van der Waals surface area contributed by atoms with E-state index in [4.69, 9.17) is 14.8 Å². The highest BCUT2D eigenvalue weighted by molar-refractivity contribution is 5.88. The van der Waals surface area contributed by atoms with Crippen LogP contribution in [0.5, 0.6) is 5.75 Å². The van der Waals surface area contributed by atoms with E-state index in [1.807, 2.05) is 60.8 Å². The molecule has 24 heavy (non-hydrogen) atoms. The van der Waals surface area contributed by atoms with Gasteiger partial charge < -0.3 is 9.84 Å². The molecule has 2 heterocycles. The molecule has 5 heteroatoms. The molecule has 5 nitrogen and oxygen atoms in total. The number of aromatic nitrogens is 2. The van der Waals surface area contributed by atoms with Gasteiger partial charge in [0.25, 0.3) is 0 Å². The van der Waals surface area contributed by atoms with E-state index < -0.39 is 5.97 Å². The topological polar surface area (TPSA) is 63.8 Å². The van der Waals surface area contributed by atoms with Crippen LogP contribution in [0.2, 0.25) is 0 Å². The normalized spacial score (nSPS) is 11.2. The first-order chi connectivity index (χ1) is 11.6. The number of para-hydroxylation sites is 1. The van der Waals surface area contributed by atoms with Gasteiger partial charge in [-0.15, -0.1) is 0 Å². The van der Waals surface area contributed by atoms with Gasteiger partial charge in [-0.25, -0.2) is 9.78 Å². The first-order valence-electron chi connectivity index (χ1n) is 7.72. The molecule has 3 rings (SSSR count). The summed E-state index contributed by atoms with van der Waals surface area (Å²) in [6.45, 7) is 4.47. The van der Waals surface area contributed by atoms with Crippen molar-refractivity contribution in [2.75, 3.05) is 6.61 Å². The van der Waals surface area contributed by atoms with Crippen LogP contribution in [-0.2, 0) is 4.79 Å². The molecule has 2 aromatic heterocycles. The van der Waals surface area contributed by atoms with Crippen molar-refractivity contribution in [3.05, 3.63) is 59.9 Å². The van der Waals surface area contributed by atoms with Crippen LogP contribution >= 0.6 is 0 Å². The highest BCUT2D eigenvalue weighted by Crippen LogP contribution is 2.33. The van der Waals surface area contributed by atoms with Crippen LogP contribution < -0.4 is 4.74 Å². The minimum absolute atomic E-state index is 0.545. The predicted molar refractivity (Wildman–Crippen MR) is 93.2 cm³/mol. The van der Waals surface area contributed by atoms with Crippen molar-refractivity contribution in [3.63, 3.8) is 0 Å². The number of rotatable bonds is 5. The van der Waals surface area contributed by atoms with E-state index in [1.54, 1.807) is 6.08 Å². The first kappa shape index (κ1) is 15.8. The molecule has 0 fully saturated rings. The quantitative estimate of drug-likeness (QED) is 0.726. The predicted octanol–water partition coefficient (Wildman–Crippen LogP) is 3.81. The fourth-order valence-corrected chi connectivity index (χ4v) is 2.62. The number of nitrogens with zero attached hydrogens (tertiary/aromatic N) is 2. The number of carboxylic acid groups (broad SMARTS) is 1. The van der Waals surface area contributed by atoms with Gasteiger partial charge in [0, 0.05) is 17.8 Å². The summed E-state index contributed by atoms with van der Waals surface area (Å²) in [6, 6.07) is 11.6. The third-order valence-corrected chi connectivity index (χ3v) is 3.64. The van der Waals surface area contributed by atoms with Crippen molar-refractivity contribution in [1.29, 1.82) is 0 Å². The van der Waals surface area contributed by atoms with Crippen molar-refractivity contribution in [1.82, 2.24) is 9.38 Å². The van der Waals surface area contributed by atoms with Crippen LogP contribution in [0.1, 0.15) is 18.2 Å². The molecule has 0 aliphatic rings. The molecule has 0 saturated carbocycles. The van der Waals surface area contributed by atoms with Crippen molar-refractivity contribution in [2.45, 2.75) is 13.8 Å². The second kappa shape index (κ2) is 6.58. The maximum atomic E-state index is 11.0. The fourth-order valence-electron chi connectivity index (χ4n) is 2.62.